The summed E-state index contributed by atoms with van der Waals surface area (Å²) < 4.78 is 0. The Morgan fingerprint density at radius 1 is 0.826 bits per heavy atom. The van der Waals surface area contributed by atoms with E-state index in [1.54, 1.807) is 0 Å². The number of benzene rings is 2. The van der Waals surface area contributed by atoms with E-state index in [0.717, 1.165) is 11.1 Å². The average Bonchev–Trinajstić information content (AvgIpc) is 2.62. The van der Waals surface area contributed by atoms with Crippen LogP contribution in [0.25, 0.3) is 22.6 Å². The third kappa shape index (κ3) is 2.90. The number of rotatable bonds is 3. The molecule has 4 nitrogen and oxygen atoms in total. The van der Waals surface area contributed by atoms with Gasteiger partial charge in [0, 0.05) is 25.2 Å². The number of nitriles is 1. The van der Waals surface area contributed by atoms with Gasteiger partial charge in [-0.05, 0) is 0 Å². The number of anilines is 1. The predicted octanol–water partition coefficient (Wildman–Crippen LogP) is 3.75. The molecule has 112 valence electrons. The van der Waals surface area contributed by atoms with Crippen molar-refractivity contribution in [3.63, 3.8) is 0 Å². The van der Waals surface area contributed by atoms with Crippen molar-refractivity contribution in [2.45, 2.75) is 0 Å². The summed E-state index contributed by atoms with van der Waals surface area (Å²) in [4.78, 5) is 11.1. The first kappa shape index (κ1) is 14.7. The molecule has 1 aromatic heterocycles. The lowest BCUT2D eigenvalue weighted by atomic mass is 10.1. The Morgan fingerprint density at radius 2 is 1.39 bits per heavy atom. The van der Waals surface area contributed by atoms with E-state index in [4.69, 9.17) is 0 Å². The van der Waals surface area contributed by atoms with Crippen molar-refractivity contribution in [2.24, 2.45) is 0 Å². The minimum Gasteiger partial charge on any atom is -0.362 e. The zero-order valence-corrected chi connectivity index (χ0v) is 13.1. The van der Waals surface area contributed by atoms with E-state index in [2.05, 4.69) is 16.0 Å². The van der Waals surface area contributed by atoms with Crippen LogP contribution in [-0.2, 0) is 0 Å². The Kier molecular flexibility index (Phi) is 4.03. The molecule has 4 heteroatoms. The highest BCUT2D eigenvalue weighted by atomic mass is 15.2. The van der Waals surface area contributed by atoms with Crippen molar-refractivity contribution in [2.75, 3.05) is 19.0 Å². The first-order chi connectivity index (χ1) is 11.2. The molecule has 1 heterocycles. The number of hydrogen-bond acceptors (Lipinski definition) is 4. The summed E-state index contributed by atoms with van der Waals surface area (Å²) in [6.45, 7) is 0. The molecule has 23 heavy (non-hydrogen) atoms. The van der Waals surface area contributed by atoms with Gasteiger partial charge in [0.1, 0.15) is 11.6 Å². The fourth-order valence-corrected chi connectivity index (χ4v) is 2.40. The van der Waals surface area contributed by atoms with Gasteiger partial charge in [0.25, 0.3) is 0 Å². The SMILES string of the molecule is CN(C)c1nc(-c2ccccc2)nc(-c2ccccc2)c1C#N. The summed E-state index contributed by atoms with van der Waals surface area (Å²) in [5, 5.41) is 9.61. The highest BCUT2D eigenvalue weighted by Crippen LogP contribution is 2.30. The van der Waals surface area contributed by atoms with Crippen LogP contribution in [0.5, 0.6) is 0 Å². The van der Waals surface area contributed by atoms with Crippen molar-refractivity contribution >= 4 is 5.82 Å². The smallest absolute Gasteiger partial charge is 0.162 e. The molecule has 0 atom stereocenters. The topological polar surface area (TPSA) is 52.8 Å². The Morgan fingerprint density at radius 3 is 1.91 bits per heavy atom. The quantitative estimate of drug-likeness (QED) is 0.739. The van der Waals surface area contributed by atoms with Crippen LogP contribution in [0.1, 0.15) is 5.56 Å². The van der Waals surface area contributed by atoms with E-state index in [9.17, 15) is 5.26 Å². The molecule has 0 aliphatic carbocycles. The minimum absolute atomic E-state index is 0.487. The van der Waals surface area contributed by atoms with E-state index < -0.39 is 0 Å². The van der Waals surface area contributed by atoms with E-state index in [0.29, 0.717) is 22.9 Å². The molecular weight excluding hydrogens is 284 g/mol. The van der Waals surface area contributed by atoms with Crippen LogP contribution in [-0.4, -0.2) is 24.1 Å². The molecule has 0 spiro atoms. The Balaban J connectivity index is 2.29. The lowest BCUT2D eigenvalue weighted by Gasteiger charge is -2.17. The normalized spacial score (nSPS) is 10.1. The predicted molar refractivity (Wildman–Crippen MR) is 91.9 cm³/mol. The molecule has 3 rings (SSSR count). The van der Waals surface area contributed by atoms with E-state index in [-0.39, 0.29) is 0 Å². The van der Waals surface area contributed by atoms with Gasteiger partial charge >= 0.3 is 0 Å². The zero-order chi connectivity index (χ0) is 16.2. The van der Waals surface area contributed by atoms with Crippen molar-refractivity contribution in [3.8, 4) is 28.7 Å². The molecule has 0 saturated carbocycles. The molecule has 0 saturated heterocycles. The van der Waals surface area contributed by atoms with Crippen LogP contribution in [0.15, 0.2) is 60.7 Å². The third-order valence-electron chi connectivity index (χ3n) is 3.50. The maximum absolute atomic E-state index is 9.61. The Bertz CT molecular complexity index is 850. The first-order valence-electron chi connectivity index (χ1n) is 7.31. The van der Waals surface area contributed by atoms with Crippen LogP contribution < -0.4 is 4.90 Å². The van der Waals surface area contributed by atoms with Crippen LogP contribution in [0, 0.1) is 11.3 Å². The van der Waals surface area contributed by atoms with Crippen LogP contribution in [0.4, 0.5) is 5.82 Å². The number of hydrogen-bond donors (Lipinski definition) is 0. The summed E-state index contributed by atoms with van der Waals surface area (Å²) in [6.07, 6.45) is 0. The van der Waals surface area contributed by atoms with Crippen molar-refractivity contribution in [3.05, 3.63) is 66.2 Å². The lowest BCUT2D eigenvalue weighted by molar-refractivity contribution is 1.04. The van der Waals surface area contributed by atoms with Gasteiger partial charge in [0.15, 0.2) is 11.6 Å². The van der Waals surface area contributed by atoms with Crippen LogP contribution >= 0.6 is 0 Å². The lowest BCUT2D eigenvalue weighted by Crippen LogP contribution is -2.14. The van der Waals surface area contributed by atoms with Gasteiger partial charge in [-0.3, -0.25) is 0 Å². The Labute approximate surface area is 135 Å². The minimum atomic E-state index is 0.487. The van der Waals surface area contributed by atoms with Gasteiger partial charge in [0.05, 0.1) is 5.69 Å². The van der Waals surface area contributed by atoms with E-state index in [1.165, 1.54) is 0 Å². The second kappa shape index (κ2) is 6.29. The van der Waals surface area contributed by atoms with E-state index >= 15 is 0 Å². The highest BCUT2D eigenvalue weighted by molar-refractivity contribution is 5.76. The Hall–Kier alpha value is -3.19. The number of nitrogens with zero attached hydrogens (tertiary/aromatic N) is 4. The average molecular weight is 300 g/mol. The molecule has 0 aliphatic rings. The molecular formula is C19H16N4. The van der Waals surface area contributed by atoms with Gasteiger partial charge in [0.2, 0.25) is 0 Å². The molecule has 2 aromatic carbocycles. The first-order valence-corrected chi connectivity index (χ1v) is 7.31. The van der Waals surface area contributed by atoms with Gasteiger partial charge in [-0.2, -0.15) is 5.26 Å². The summed E-state index contributed by atoms with van der Waals surface area (Å²) in [6, 6.07) is 21.8. The van der Waals surface area contributed by atoms with Crippen molar-refractivity contribution in [1.82, 2.24) is 9.97 Å². The molecule has 0 aliphatic heterocycles. The molecule has 3 aromatic rings. The summed E-state index contributed by atoms with van der Waals surface area (Å²) in [5.74, 6) is 1.24. The van der Waals surface area contributed by atoms with Gasteiger partial charge in [-0.25, -0.2) is 9.97 Å². The maximum Gasteiger partial charge on any atom is 0.162 e. The van der Waals surface area contributed by atoms with E-state index in [1.807, 2.05) is 79.7 Å². The highest BCUT2D eigenvalue weighted by Gasteiger charge is 2.17. The third-order valence-corrected chi connectivity index (χ3v) is 3.50. The van der Waals surface area contributed by atoms with Gasteiger partial charge in [-0.15, -0.1) is 0 Å². The van der Waals surface area contributed by atoms with Crippen LogP contribution in [0.3, 0.4) is 0 Å². The summed E-state index contributed by atoms with van der Waals surface area (Å²) in [7, 11) is 3.76. The molecule has 0 fully saturated rings. The summed E-state index contributed by atoms with van der Waals surface area (Å²) in [5.41, 5.74) is 2.98. The number of aromatic nitrogens is 2. The fourth-order valence-electron chi connectivity index (χ4n) is 2.40. The zero-order valence-electron chi connectivity index (χ0n) is 13.1. The summed E-state index contributed by atoms with van der Waals surface area (Å²) >= 11 is 0. The van der Waals surface area contributed by atoms with Crippen molar-refractivity contribution in [1.29, 1.82) is 5.26 Å². The van der Waals surface area contributed by atoms with Crippen molar-refractivity contribution < 1.29 is 0 Å². The largest absolute Gasteiger partial charge is 0.362 e. The van der Waals surface area contributed by atoms with Gasteiger partial charge < -0.3 is 4.90 Å². The fraction of sp³-hybridized carbons (Fsp3) is 0.105. The molecule has 0 amide bonds. The molecule has 0 bridgehead atoms. The second-order valence-electron chi connectivity index (χ2n) is 5.33. The molecule has 0 N–H and O–H groups in total. The van der Waals surface area contributed by atoms with Crippen LogP contribution in [0.2, 0.25) is 0 Å². The second-order valence-corrected chi connectivity index (χ2v) is 5.33. The maximum atomic E-state index is 9.61. The van der Waals surface area contributed by atoms with Gasteiger partial charge in [-0.1, -0.05) is 60.7 Å². The molecule has 0 unspecified atom stereocenters. The monoisotopic (exact) mass is 300 g/mol. The molecule has 0 radical (unpaired) electrons. The standard InChI is InChI=1S/C19H16N4/c1-23(2)19-16(13-20)17(14-9-5-3-6-10-14)21-18(22-19)15-11-7-4-8-12-15/h3-12H,1-2H3.